The fraction of sp³-hybridized carbons (Fsp3) is 0.647. The van der Waals surface area contributed by atoms with Crippen molar-refractivity contribution in [1.29, 1.82) is 0 Å². The predicted octanol–water partition coefficient (Wildman–Crippen LogP) is 4.30. The minimum atomic E-state index is 0.621. The molecule has 0 aromatic heterocycles. The lowest BCUT2D eigenvalue weighted by atomic mass is 9.93. The Morgan fingerprint density at radius 2 is 2.00 bits per heavy atom. The molecule has 1 atom stereocenters. The van der Waals surface area contributed by atoms with Crippen LogP contribution >= 0.6 is 11.6 Å². The van der Waals surface area contributed by atoms with Gasteiger partial charge in [-0.2, -0.15) is 0 Å². The van der Waals surface area contributed by atoms with Crippen LogP contribution in [0.25, 0.3) is 0 Å². The molecule has 1 unspecified atom stereocenters. The zero-order valence-corrected chi connectivity index (χ0v) is 13.0. The summed E-state index contributed by atoms with van der Waals surface area (Å²) in [6.45, 7) is 1.16. The van der Waals surface area contributed by atoms with E-state index in [2.05, 4.69) is 17.4 Å². The summed E-state index contributed by atoms with van der Waals surface area (Å²) in [4.78, 5) is 0. The Bertz CT molecular complexity index is 462. The molecule has 1 saturated heterocycles. The molecule has 0 amide bonds. The standard InChI is InChI=1S/C17H24ClNO/c1-20-17-15(13-5-2-3-6-13)10-12(11-16(17)18)9-14-7-4-8-19-14/h10-11,13-14,19H,2-9H2,1H3. The van der Waals surface area contributed by atoms with E-state index in [0.717, 1.165) is 23.7 Å². The molecule has 3 heteroatoms. The summed E-state index contributed by atoms with van der Waals surface area (Å²) in [5, 5.41) is 4.35. The number of hydrogen-bond donors (Lipinski definition) is 1. The van der Waals surface area contributed by atoms with Crippen molar-refractivity contribution in [2.45, 2.75) is 56.9 Å². The zero-order valence-electron chi connectivity index (χ0n) is 12.3. The maximum atomic E-state index is 6.45. The van der Waals surface area contributed by atoms with E-state index >= 15 is 0 Å². The topological polar surface area (TPSA) is 21.3 Å². The number of nitrogens with one attached hydrogen (secondary N) is 1. The molecule has 1 aliphatic carbocycles. The van der Waals surface area contributed by atoms with Crippen molar-refractivity contribution in [1.82, 2.24) is 5.32 Å². The SMILES string of the molecule is COc1c(Cl)cc(CC2CCCN2)cc1C1CCCC1. The van der Waals surface area contributed by atoms with Gasteiger partial charge in [-0.1, -0.05) is 30.5 Å². The fourth-order valence-electron chi connectivity index (χ4n) is 3.76. The number of ether oxygens (including phenoxy) is 1. The Labute approximate surface area is 126 Å². The molecule has 20 heavy (non-hydrogen) atoms. The molecule has 1 N–H and O–H groups in total. The van der Waals surface area contributed by atoms with Gasteiger partial charge in [-0.05, 0) is 61.8 Å². The second kappa shape index (κ2) is 6.36. The van der Waals surface area contributed by atoms with E-state index in [-0.39, 0.29) is 0 Å². The lowest BCUT2D eigenvalue weighted by molar-refractivity contribution is 0.405. The van der Waals surface area contributed by atoms with Gasteiger partial charge < -0.3 is 10.1 Å². The van der Waals surface area contributed by atoms with Gasteiger partial charge in [-0.3, -0.25) is 0 Å². The van der Waals surface area contributed by atoms with E-state index in [9.17, 15) is 0 Å². The van der Waals surface area contributed by atoms with Crippen LogP contribution in [0.15, 0.2) is 12.1 Å². The van der Waals surface area contributed by atoms with Gasteiger partial charge in [0, 0.05) is 6.04 Å². The van der Waals surface area contributed by atoms with Crippen molar-refractivity contribution >= 4 is 11.6 Å². The van der Waals surface area contributed by atoms with Crippen LogP contribution in [0.2, 0.25) is 5.02 Å². The summed E-state index contributed by atoms with van der Waals surface area (Å²) >= 11 is 6.45. The van der Waals surface area contributed by atoms with Crippen LogP contribution in [-0.4, -0.2) is 19.7 Å². The van der Waals surface area contributed by atoms with Crippen LogP contribution < -0.4 is 10.1 Å². The summed E-state index contributed by atoms with van der Waals surface area (Å²) in [7, 11) is 1.73. The molecular formula is C17H24ClNO. The largest absolute Gasteiger partial charge is 0.495 e. The first-order valence-corrected chi connectivity index (χ1v) is 8.25. The number of rotatable bonds is 4. The van der Waals surface area contributed by atoms with E-state index in [1.54, 1.807) is 7.11 Å². The molecule has 1 aromatic carbocycles. The van der Waals surface area contributed by atoms with Crippen molar-refractivity contribution in [3.05, 3.63) is 28.3 Å². The minimum Gasteiger partial charge on any atom is -0.495 e. The van der Waals surface area contributed by atoms with Gasteiger partial charge in [-0.15, -0.1) is 0 Å². The first-order valence-electron chi connectivity index (χ1n) is 7.87. The van der Waals surface area contributed by atoms with Crippen LogP contribution in [-0.2, 0) is 6.42 Å². The quantitative estimate of drug-likeness (QED) is 0.893. The third-order valence-electron chi connectivity index (χ3n) is 4.78. The summed E-state index contributed by atoms with van der Waals surface area (Å²) in [6, 6.07) is 5.07. The zero-order chi connectivity index (χ0) is 13.9. The first kappa shape index (κ1) is 14.2. The maximum absolute atomic E-state index is 6.45. The second-order valence-electron chi connectivity index (χ2n) is 6.18. The Morgan fingerprint density at radius 1 is 1.20 bits per heavy atom. The normalized spacial score (nSPS) is 23.4. The number of halogens is 1. The second-order valence-corrected chi connectivity index (χ2v) is 6.59. The summed E-state index contributed by atoms with van der Waals surface area (Å²) in [5.74, 6) is 1.54. The van der Waals surface area contributed by atoms with Crippen LogP contribution in [0, 0.1) is 0 Å². The molecule has 110 valence electrons. The smallest absolute Gasteiger partial charge is 0.140 e. The Morgan fingerprint density at radius 3 is 2.65 bits per heavy atom. The summed E-state index contributed by atoms with van der Waals surface area (Å²) in [6.07, 6.45) is 8.88. The van der Waals surface area contributed by atoms with Crippen LogP contribution in [0.1, 0.15) is 55.6 Å². The van der Waals surface area contributed by atoms with Crippen molar-refractivity contribution in [3.8, 4) is 5.75 Å². The lowest BCUT2D eigenvalue weighted by Crippen LogP contribution is -2.23. The summed E-state index contributed by atoms with van der Waals surface area (Å²) < 4.78 is 5.57. The summed E-state index contributed by atoms with van der Waals surface area (Å²) in [5.41, 5.74) is 2.70. The van der Waals surface area contributed by atoms with Gasteiger partial charge in [0.25, 0.3) is 0 Å². The highest BCUT2D eigenvalue weighted by atomic mass is 35.5. The Balaban J connectivity index is 1.87. The van der Waals surface area contributed by atoms with Crippen LogP contribution in [0.5, 0.6) is 5.75 Å². The average molecular weight is 294 g/mol. The molecule has 1 saturated carbocycles. The molecule has 2 aliphatic rings. The van der Waals surface area contributed by atoms with E-state index in [1.807, 2.05) is 0 Å². The van der Waals surface area contributed by atoms with Crippen molar-refractivity contribution in [2.75, 3.05) is 13.7 Å². The van der Waals surface area contributed by atoms with E-state index in [1.165, 1.54) is 49.7 Å². The van der Waals surface area contributed by atoms with Gasteiger partial charge in [-0.25, -0.2) is 0 Å². The highest BCUT2D eigenvalue weighted by Gasteiger charge is 2.24. The highest BCUT2D eigenvalue weighted by molar-refractivity contribution is 6.32. The molecule has 2 nitrogen and oxygen atoms in total. The molecule has 0 bridgehead atoms. The Hall–Kier alpha value is -0.730. The third kappa shape index (κ3) is 2.96. The monoisotopic (exact) mass is 293 g/mol. The molecule has 2 fully saturated rings. The number of hydrogen-bond acceptors (Lipinski definition) is 2. The van der Waals surface area contributed by atoms with E-state index in [4.69, 9.17) is 16.3 Å². The van der Waals surface area contributed by atoms with Crippen molar-refractivity contribution < 1.29 is 4.74 Å². The molecular weight excluding hydrogens is 270 g/mol. The van der Waals surface area contributed by atoms with Crippen molar-refractivity contribution in [3.63, 3.8) is 0 Å². The average Bonchev–Trinajstić information content (AvgIpc) is 3.11. The van der Waals surface area contributed by atoms with Crippen LogP contribution in [0.3, 0.4) is 0 Å². The lowest BCUT2D eigenvalue weighted by Gasteiger charge is -2.19. The molecule has 0 radical (unpaired) electrons. The van der Waals surface area contributed by atoms with Crippen molar-refractivity contribution in [2.24, 2.45) is 0 Å². The van der Waals surface area contributed by atoms with Gasteiger partial charge in [0.2, 0.25) is 0 Å². The molecule has 3 rings (SSSR count). The molecule has 1 aromatic rings. The van der Waals surface area contributed by atoms with E-state index < -0.39 is 0 Å². The highest BCUT2D eigenvalue weighted by Crippen LogP contribution is 2.42. The predicted molar refractivity (Wildman–Crippen MR) is 83.9 cm³/mol. The first-order chi connectivity index (χ1) is 9.78. The Kier molecular flexibility index (Phi) is 4.52. The van der Waals surface area contributed by atoms with Crippen LogP contribution in [0.4, 0.5) is 0 Å². The minimum absolute atomic E-state index is 0.621. The molecule has 1 aliphatic heterocycles. The van der Waals surface area contributed by atoms with Gasteiger partial charge in [0.1, 0.15) is 5.75 Å². The number of methoxy groups -OCH3 is 1. The van der Waals surface area contributed by atoms with Gasteiger partial charge in [0.05, 0.1) is 12.1 Å². The third-order valence-corrected chi connectivity index (χ3v) is 5.06. The van der Waals surface area contributed by atoms with Gasteiger partial charge in [0.15, 0.2) is 0 Å². The van der Waals surface area contributed by atoms with E-state index in [0.29, 0.717) is 12.0 Å². The molecule has 0 spiro atoms. The molecule has 1 heterocycles. The van der Waals surface area contributed by atoms with Gasteiger partial charge >= 0.3 is 0 Å². The fourth-order valence-corrected chi connectivity index (χ4v) is 4.09. The maximum Gasteiger partial charge on any atom is 0.140 e. The number of benzene rings is 1.